The third-order valence-electron chi connectivity index (χ3n) is 5.20. The quantitative estimate of drug-likeness (QED) is 0.359. The molecule has 6 N–H and O–H groups in total. The van der Waals surface area contributed by atoms with Crippen molar-refractivity contribution in [2.45, 2.75) is 68.7 Å². The summed E-state index contributed by atoms with van der Waals surface area (Å²) in [5.74, 6) is -2.28. The molecule has 0 aromatic rings. The van der Waals surface area contributed by atoms with Gasteiger partial charge in [-0.3, -0.25) is 14.6 Å². The Morgan fingerprint density at radius 2 is 1.73 bits per heavy atom. The van der Waals surface area contributed by atoms with Crippen molar-refractivity contribution >= 4 is 27.7 Å². The molecule has 2 atom stereocenters. The van der Waals surface area contributed by atoms with E-state index in [1.807, 2.05) is 0 Å². The standard InChI is InChI=1S/C16H28N4O5S/c17-16(18)20-12-3-1-2-10(8-12)15(23)19-11-4-6-13(7-5-11)26(24,25)9-14(21)22/h10-13H,1-9H2,(H,19,23)(H,21,22)(H4,17,18,20). The molecule has 0 saturated heterocycles. The highest BCUT2D eigenvalue weighted by Gasteiger charge is 2.34. The molecule has 0 heterocycles. The largest absolute Gasteiger partial charge is 0.480 e. The second-order valence-electron chi connectivity index (χ2n) is 7.25. The first kappa shape index (κ1) is 20.5. The minimum Gasteiger partial charge on any atom is -0.480 e. The van der Waals surface area contributed by atoms with Gasteiger partial charge in [0.2, 0.25) is 5.91 Å². The van der Waals surface area contributed by atoms with Gasteiger partial charge >= 0.3 is 5.97 Å². The van der Waals surface area contributed by atoms with Crippen LogP contribution < -0.4 is 16.8 Å². The number of aliphatic carboxylic acids is 1. The van der Waals surface area contributed by atoms with E-state index in [1.165, 1.54) is 0 Å². The molecule has 10 heteroatoms. The normalized spacial score (nSPS) is 29.5. The Bertz CT molecular complexity index is 652. The van der Waals surface area contributed by atoms with Gasteiger partial charge in [0.25, 0.3) is 0 Å². The second kappa shape index (κ2) is 8.70. The van der Waals surface area contributed by atoms with E-state index in [0.29, 0.717) is 32.1 Å². The average Bonchev–Trinajstić information content (AvgIpc) is 2.54. The molecular formula is C16H28N4O5S. The van der Waals surface area contributed by atoms with Gasteiger partial charge in [-0.25, -0.2) is 8.42 Å². The Morgan fingerprint density at radius 1 is 1.08 bits per heavy atom. The van der Waals surface area contributed by atoms with Crippen molar-refractivity contribution in [1.82, 2.24) is 5.32 Å². The molecule has 0 aromatic carbocycles. The number of hydrogen-bond acceptors (Lipinski definition) is 5. The summed E-state index contributed by atoms with van der Waals surface area (Å²) < 4.78 is 24.0. The van der Waals surface area contributed by atoms with Gasteiger partial charge in [0.1, 0.15) is 5.75 Å². The summed E-state index contributed by atoms with van der Waals surface area (Å²) in [6, 6.07) is -0.0939. The Morgan fingerprint density at radius 3 is 2.31 bits per heavy atom. The first-order chi connectivity index (χ1) is 12.2. The lowest BCUT2D eigenvalue weighted by Crippen LogP contribution is -2.44. The van der Waals surface area contributed by atoms with E-state index in [4.69, 9.17) is 16.6 Å². The number of guanidine groups is 1. The van der Waals surface area contributed by atoms with Crippen LogP contribution in [0.5, 0.6) is 0 Å². The van der Waals surface area contributed by atoms with Crippen molar-refractivity contribution in [2.75, 3.05) is 5.75 Å². The number of carboxylic acid groups (broad SMARTS) is 1. The first-order valence-electron chi connectivity index (χ1n) is 9.00. The molecule has 2 rings (SSSR count). The van der Waals surface area contributed by atoms with Crippen LogP contribution in [0.4, 0.5) is 0 Å². The SMILES string of the molecule is NC(N)=NC1CCCC(C(=O)NC2CCC(S(=O)(=O)CC(=O)O)CC2)C1. The molecule has 0 bridgehead atoms. The van der Waals surface area contributed by atoms with Gasteiger partial charge in [0.15, 0.2) is 15.8 Å². The van der Waals surface area contributed by atoms with E-state index < -0.39 is 26.8 Å². The molecule has 0 aliphatic heterocycles. The highest BCUT2D eigenvalue weighted by molar-refractivity contribution is 7.92. The maximum absolute atomic E-state index is 12.5. The molecule has 1 amide bonds. The highest BCUT2D eigenvalue weighted by Crippen LogP contribution is 2.28. The third kappa shape index (κ3) is 5.86. The van der Waals surface area contributed by atoms with Crippen molar-refractivity contribution in [3.05, 3.63) is 0 Å². The summed E-state index contributed by atoms with van der Waals surface area (Å²) in [5.41, 5.74) is 10.8. The summed E-state index contributed by atoms with van der Waals surface area (Å²) in [7, 11) is -3.62. The Kier molecular flexibility index (Phi) is 6.85. The molecule has 0 aromatic heterocycles. The predicted molar refractivity (Wildman–Crippen MR) is 97.2 cm³/mol. The molecule has 2 fully saturated rings. The molecule has 2 aliphatic carbocycles. The van der Waals surface area contributed by atoms with Gasteiger partial charge in [0.05, 0.1) is 11.3 Å². The Balaban J connectivity index is 1.82. The molecule has 0 spiro atoms. The van der Waals surface area contributed by atoms with E-state index in [0.717, 1.165) is 19.3 Å². The van der Waals surface area contributed by atoms with Gasteiger partial charge in [-0.2, -0.15) is 0 Å². The third-order valence-corrected chi connectivity index (χ3v) is 7.34. The van der Waals surface area contributed by atoms with Gasteiger partial charge < -0.3 is 21.9 Å². The molecule has 2 saturated carbocycles. The van der Waals surface area contributed by atoms with Crippen LogP contribution in [0.2, 0.25) is 0 Å². The number of carbonyl (C=O) groups excluding carboxylic acids is 1. The fourth-order valence-electron chi connectivity index (χ4n) is 3.91. The maximum Gasteiger partial charge on any atom is 0.318 e. The Hall–Kier alpha value is -1.84. The zero-order chi connectivity index (χ0) is 19.3. The number of nitrogens with two attached hydrogens (primary N) is 2. The minimum absolute atomic E-state index is 0.0265. The predicted octanol–water partition coefficient (Wildman–Crippen LogP) is -0.255. The highest BCUT2D eigenvalue weighted by atomic mass is 32.2. The molecule has 148 valence electrons. The van der Waals surface area contributed by atoms with Crippen LogP contribution in [-0.2, 0) is 19.4 Å². The first-order valence-corrected chi connectivity index (χ1v) is 10.7. The number of amides is 1. The fourth-order valence-corrected chi connectivity index (χ4v) is 5.48. The van der Waals surface area contributed by atoms with E-state index in [2.05, 4.69) is 10.3 Å². The lowest BCUT2D eigenvalue weighted by molar-refractivity contribution is -0.134. The summed E-state index contributed by atoms with van der Waals surface area (Å²) in [6.07, 6.45) is 5.01. The van der Waals surface area contributed by atoms with E-state index in [9.17, 15) is 18.0 Å². The van der Waals surface area contributed by atoms with Gasteiger partial charge in [-0.05, 0) is 44.9 Å². The molecule has 2 aliphatic rings. The number of rotatable bonds is 6. The van der Waals surface area contributed by atoms with E-state index >= 15 is 0 Å². The van der Waals surface area contributed by atoms with Gasteiger partial charge in [0, 0.05) is 12.0 Å². The lowest BCUT2D eigenvalue weighted by atomic mass is 9.84. The van der Waals surface area contributed by atoms with Crippen molar-refractivity contribution in [3.63, 3.8) is 0 Å². The van der Waals surface area contributed by atoms with Crippen molar-refractivity contribution in [3.8, 4) is 0 Å². The van der Waals surface area contributed by atoms with Crippen molar-refractivity contribution < 1.29 is 23.1 Å². The molecule has 0 radical (unpaired) electrons. The summed E-state index contributed by atoms with van der Waals surface area (Å²) in [4.78, 5) is 27.3. The number of aliphatic imine (C=N–C) groups is 1. The van der Waals surface area contributed by atoms with Crippen molar-refractivity contribution in [1.29, 1.82) is 0 Å². The van der Waals surface area contributed by atoms with Crippen LogP contribution in [0, 0.1) is 5.92 Å². The number of hydrogen-bond donors (Lipinski definition) is 4. The topological polar surface area (TPSA) is 165 Å². The zero-order valence-electron chi connectivity index (χ0n) is 14.8. The molecule has 26 heavy (non-hydrogen) atoms. The van der Waals surface area contributed by atoms with E-state index in [-0.39, 0.29) is 29.9 Å². The second-order valence-corrected chi connectivity index (χ2v) is 9.54. The van der Waals surface area contributed by atoms with Gasteiger partial charge in [-0.1, -0.05) is 6.42 Å². The number of carboxylic acids is 1. The Labute approximate surface area is 153 Å². The molecule has 2 unspecified atom stereocenters. The molecular weight excluding hydrogens is 360 g/mol. The number of sulfone groups is 1. The fraction of sp³-hybridized carbons (Fsp3) is 0.812. The monoisotopic (exact) mass is 388 g/mol. The van der Waals surface area contributed by atoms with E-state index in [1.54, 1.807) is 0 Å². The average molecular weight is 388 g/mol. The van der Waals surface area contributed by atoms with Crippen molar-refractivity contribution in [2.24, 2.45) is 22.4 Å². The number of carbonyl (C=O) groups is 2. The zero-order valence-corrected chi connectivity index (χ0v) is 15.6. The smallest absolute Gasteiger partial charge is 0.318 e. The maximum atomic E-state index is 12.5. The number of nitrogens with one attached hydrogen (secondary N) is 1. The lowest BCUT2D eigenvalue weighted by Gasteiger charge is -2.31. The minimum atomic E-state index is -3.62. The van der Waals surface area contributed by atoms with Crippen LogP contribution in [-0.4, -0.2) is 54.4 Å². The van der Waals surface area contributed by atoms with Crippen LogP contribution in [0.1, 0.15) is 51.4 Å². The van der Waals surface area contributed by atoms with Crippen LogP contribution in [0.25, 0.3) is 0 Å². The van der Waals surface area contributed by atoms with Crippen LogP contribution >= 0.6 is 0 Å². The summed E-state index contributed by atoms with van der Waals surface area (Å²) in [6.45, 7) is 0. The van der Waals surface area contributed by atoms with Crippen LogP contribution in [0.15, 0.2) is 4.99 Å². The number of nitrogens with zero attached hydrogens (tertiary/aromatic N) is 1. The summed E-state index contributed by atoms with van der Waals surface area (Å²) >= 11 is 0. The molecule has 9 nitrogen and oxygen atoms in total. The van der Waals surface area contributed by atoms with Crippen LogP contribution in [0.3, 0.4) is 0 Å². The van der Waals surface area contributed by atoms with Gasteiger partial charge in [-0.15, -0.1) is 0 Å². The summed E-state index contributed by atoms with van der Waals surface area (Å²) in [5, 5.41) is 11.1.